The first-order valence-corrected chi connectivity index (χ1v) is 6.78. The summed E-state index contributed by atoms with van der Waals surface area (Å²) in [6, 6.07) is 16.8. The molecule has 0 bridgehead atoms. The number of aliphatic imine (C=N–C) groups is 1. The number of hydrogen-bond acceptors (Lipinski definition) is 3. The highest BCUT2D eigenvalue weighted by Crippen LogP contribution is 2.20. The van der Waals surface area contributed by atoms with Gasteiger partial charge >= 0.3 is 0 Å². The summed E-state index contributed by atoms with van der Waals surface area (Å²) in [7, 11) is 0. The van der Waals surface area contributed by atoms with Crippen LogP contribution < -0.4 is 10.6 Å². The zero-order valence-electron chi connectivity index (χ0n) is 11.0. The van der Waals surface area contributed by atoms with Crippen molar-refractivity contribution in [3.63, 3.8) is 0 Å². The lowest BCUT2D eigenvalue weighted by molar-refractivity contribution is -0.115. The lowest BCUT2D eigenvalue weighted by Crippen LogP contribution is -2.29. The summed E-state index contributed by atoms with van der Waals surface area (Å²) in [5.41, 5.74) is 1.94. The number of amides is 1. The van der Waals surface area contributed by atoms with E-state index < -0.39 is 0 Å². The van der Waals surface area contributed by atoms with Gasteiger partial charge in [-0.15, -0.1) is 0 Å². The third-order valence-electron chi connectivity index (χ3n) is 2.93. The van der Waals surface area contributed by atoms with E-state index in [1.54, 1.807) is 12.1 Å². The van der Waals surface area contributed by atoms with Gasteiger partial charge in [0, 0.05) is 10.7 Å². The van der Waals surface area contributed by atoms with Gasteiger partial charge in [-0.3, -0.25) is 10.1 Å². The number of anilines is 1. The summed E-state index contributed by atoms with van der Waals surface area (Å²) in [5, 5.41) is 6.31. The molecule has 2 N–H and O–H groups in total. The third kappa shape index (κ3) is 3.12. The summed E-state index contributed by atoms with van der Waals surface area (Å²) in [5.74, 6) is 0.151. The molecule has 0 fully saturated rings. The molecule has 1 heterocycles. The Bertz CT molecular complexity index is 738. The van der Waals surface area contributed by atoms with Gasteiger partial charge in [-0.25, -0.2) is 4.99 Å². The van der Waals surface area contributed by atoms with E-state index in [2.05, 4.69) is 15.6 Å². The van der Waals surface area contributed by atoms with Crippen LogP contribution >= 0.6 is 11.6 Å². The molecular formula is C16H12ClN3O. The number of nitrogens with one attached hydrogen (secondary N) is 2. The van der Waals surface area contributed by atoms with Crippen molar-refractivity contribution in [2.75, 3.05) is 5.32 Å². The highest BCUT2D eigenvalue weighted by Gasteiger charge is 2.20. The Morgan fingerprint density at radius 2 is 1.76 bits per heavy atom. The number of rotatable bonds is 2. The Balaban J connectivity index is 1.84. The van der Waals surface area contributed by atoms with Gasteiger partial charge in [0.2, 0.25) is 5.96 Å². The monoisotopic (exact) mass is 297 g/mol. The number of carbonyl (C=O) groups excluding carboxylic acids is 1. The average Bonchev–Trinajstić information content (AvgIpc) is 2.82. The van der Waals surface area contributed by atoms with E-state index in [9.17, 15) is 4.79 Å². The van der Waals surface area contributed by atoms with Gasteiger partial charge in [-0.2, -0.15) is 0 Å². The smallest absolute Gasteiger partial charge is 0.276 e. The molecule has 104 valence electrons. The Kier molecular flexibility index (Phi) is 3.71. The van der Waals surface area contributed by atoms with Gasteiger partial charge in [-0.05, 0) is 29.8 Å². The number of guanidine groups is 1. The van der Waals surface area contributed by atoms with Gasteiger partial charge in [0.1, 0.15) is 5.70 Å². The first-order chi connectivity index (χ1) is 10.2. The number of nitrogens with zero attached hydrogens (tertiary/aromatic N) is 1. The van der Waals surface area contributed by atoms with E-state index in [0.29, 0.717) is 16.7 Å². The predicted molar refractivity (Wildman–Crippen MR) is 85.1 cm³/mol. The van der Waals surface area contributed by atoms with Crippen LogP contribution in [0.5, 0.6) is 0 Å². The SMILES string of the molecule is O=C1NC(Nc2ccccc2)=N/C1=C\c1ccccc1Cl. The van der Waals surface area contributed by atoms with Crippen molar-refractivity contribution < 1.29 is 4.79 Å². The van der Waals surface area contributed by atoms with E-state index in [1.807, 2.05) is 48.5 Å². The van der Waals surface area contributed by atoms with Crippen molar-refractivity contribution >= 4 is 35.2 Å². The van der Waals surface area contributed by atoms with E-state index >= 15 is 0 Å². The molecule has 1 amide bonds. The summed E-state index contributed by atoms with van der Waals surface area (Å²) in [4.78, 5) is 16.2. The second kappa shape index (κ2) is 5.81. The second-order valence-corrected chi connectivity index (χ2v) is 4.86. The maximum Gasteiger partial charge on any atom is 0.276 e. The highest BCUT2D eigenvalue weighted by molar-refractivity contribution is 6.32. The van der Waals surface area contributed by atoms with Gasteiger partial charge in [0.25, 0.3) is 5.91 Å². The lowest BCUT2D eigenvalue weighted by Gasteiger charge is -2.03. The number of carbonyl (C=O) groups is 1. The van der Waals surface area contributed by atoms with Crippen molar-refractivity contribution in [1.82, 2.24) is 5.32 Å². The summed E-state index contributed by atoms with van der Waals surface area (Å²) in [6.45, 7) is 0. The lowest BCUT2D eigenvalue weighted by atomic mass is 10.2. The Morgan fingerprint density at radius 3 is 2.52 bits per heavy atom. The molecule has 0 atom stereocenters. The van der Waals surface area contributed by atoms with Gasteiger partial charge in [0.05, 0.1) is 0 Å². The molecule has 2 aromatic rings. The minimum atomic E-state index is -0.256. The molecule has 0 saturated heterocycles. The topological polar surface area (TPSA) is 53.5 Å². The van der Waals surface area contributed by atoms with Crippen LogP contribution in [-0.4, -0.2) is 11.9 Å². The molecule has 0 saturated carbocycles. The van der Waals surface area contributed by atoms with Gasteiger partial charge in [-0.1, -0.05) is 48.0 Å². The first kappa shape index (κ1) is 13.4. The molecule has 0 spiro atoms. The number of benzene rings is 2. The van der Waals surface area contributed by atoms with Crippen LogP contribution in [0.15, 0.2) is 65.3 Å². The molecule has 0 aromatic heterocycles. The van der Waals surface area contributed by atoms with Crippen molar-refractivity contribution in [3.8, 4) is 0 Å². The molecule has 1 aliphatic heterocycles. The van der Waals surface area contributed by atoms with Crippen LogP contribution in [0.2, 0.25) is 5.02 Å². The molecule has 4 nitrogen and oxygen atoms in total. The fourth-order valence-electron chi connectivity index (χ4n) is 1.93. The van der Waals surface area contributed by atoms with Crippen molar-refractivity contribution in [2.45, 2.75) is 0 Å². The Morgan fingerprint density at radius 1 is 1.05 bits per heavy atom. The second-order valence-electron chi connectivity index (χ2n) is 4.46. The van der Waals surface area contributed by atoms with E-state index in [0.717, 1.165) is 11.3 Å². The zero-order valence-corrected chi connectivity index (χ0v) is 11.8. The largest absolute Gasteiger partial charge is 0.326 e. The van der Waals surface area contributed by atoms with Crippen LogP contribution in [-0.2, 0) is 4.79 Å². The molecular weight excluding hydrogens is 286 g/mol. The van der Waals surface area contributed by atoms with Crippen LogP contribution in [0.1, 0.15) is 5.56 Å². The summed E-state index contributed by atoms with van der Waals surface area (Å²) < 4.78 is 0. The fraction of sp³-hybridized carbons (Fsp3) is 0. The van der Waals surface area contributed by atoms with E-state index in [-0.39, 0.29) is 5.91 Å². The fourth-order valence-corrected chi connectivity index (χ4v) is 2.12. The quantitative estimate of drug-likeness (QED) is 0.836. The maximum atomic E-state index is 11.9. The number of para-hydroxylation sites is 1. The number of hydrogen-bond donors (Lipinski definition) is 2. The highest BCUT2D eigenvalue weighted by atomic mass is 35.5. The minimum Gasteiger partial charge on any atom is -0.326 e. The van der Waals surface area contributed by atoms with Gasteiger partial charge in [0.15, 0.2) is 0 Å². The van der Waals surface area contributed by atoms with Crippen LogP contribution in [0.4, 0.5) is 5.69 Å². The first-order valence-electron chi connectivity index (χ1n) is 6.41. The van der Waals surface area contributed by atoms with Crippen LogP contribution in [0, 0.1) is 0 Å². The zero-order chi connectivity index (χ0) is 14.7. The molecule has 5 heteroatoms. The predicted octanol–water partition coefficient (Wildman–Crippen LogP) is 3.28. The molecule has 0 aliphatic carbocycles. The standard InChI is InChI=1S/C16H12ClN3O/c17-13-9-5-4-6-11(13)10-14-15(21)20-16(19-14)18-12-7-2-1-3-8-12/h1-10H,(H2,18,19,20,21)/b14-10-. The Hall–Kier alpha value is -2.59. The minimum absolute atomic E-state index is 0.256. The molecule has 21 heavy (non-hydrogen) atoms. The summed E-state index contributed by atoms with van der Waals surface area (Å²) in [6.07, 6.45) is 1.66. The average molecular weight is 298 g/mol. The maximum absolute atomic E-state index is 11.9. The van der Waals surface area contributed by atoms with E-state index in [1.165, 1.54) is 0 Å². The molecule has 1 aliphatic rings. The van der Waals surface area contributed by atoms with Crippen molar-refractivity contribution in [2.24, 2.45) is 4.99 Å². The van der Waals surface area contributed by atoms with Crippen LogP contribution in [0.25, 0.3) is 6.08 Å². The molecule has 0 radical (unpaired) electrons. The van der Waals surface area contributed by atoms with Crippen molar-refractivity contribution in [1.29, 1.82) is 0 Å². The molecule has 0 unspecified atom stereocenters. The summed E-state index contributed by atoms with van der Waals surface area (Å²) >= 11 is 6.08. The normalized spacial score (nSPS) is 15.8. The van der Waals surface area contributed by atoms with Crippen LogP contribution in [0.3, 0.4) is 0 Å². The van der Waals surface area contributed by atoms with Crippen molar-refractivity contribution in [3.05, 3.63) is 70.9 Å². The molecule has 3 rings (SSSR count). The molecule has 2 aromatic carbocycles. The number of halogens is 1. The van der Waals surface area contributed by atoms with Gasteiger partial charge < -0.3 is 5.32 Å². The third-order valence-corrected chi connectivity index (χ3v) is 3.28. The Labute approximate surface area is 127 Å². The van der Waals surface area contributed by atoms with E-state index in [4.69, 9.17) is 11.6 Å².